The van der Waals surface area contributed by atoms with E-state index in [1.165, 1.54) is 4.52 Å². The number of nitrogens with zero attached hydrogens (tertiary/aromatic N) is 4. The predicted molar refractivity (Wildman–Crippen MR) is 68.4 cm³/mol. The zero-order valence-corrected chi connectivity index (χ0v) is 9.78. The Morgan fingerprint density at radius 1 is 1.28 bits per heavy atom. The van der Waals surface area contributed by atoms with Crippen LogP contribution in [0.5, 0.6) is 0 Å². The molecule has 92 valence electrons. The maximum absolute atomic E-state index is 12.2. The van der Waals surface area contributed by atoms with Crippen LogP contribution in [-0.4, -0.2) is 25.7 Å². The van der Waals surface area contributed by atoms with Crippen molar-refractivity contribution < 1.29 is 0 Å². The summed E-state index contributed by atoms with van der Waals surface area (Å²) in [5, 5.41) is 4.64. The molecule has 2 N–H and O–H groups in total. The largest absolute Gasteiger partial charge is 0.330 e. The molecule has 0 unspecified atom stereocenters. The maximum Gasteiger partial charge on any atom is 0.283 e. The van der Waals surface area contributed by atoms with E-state index in [1.807, 2.05) is 10.6 Å². The molecule has 6 heteroatoms. The summed E-state index contributed by atoms with van der Waals surface area (Å²) >= 11 is 0. The molecular formula is C12H13N5O. The van der Waals surface area contributed by atoms with Crippen LogP contribution in [0.25, 0.3) is 16.7 Å². The molecule has 3 rings (SSSR count). The van der Waals surface area contributed by atoms with Crippen LogP contribution in [0.3, 0.4) is 0 Å². The van der Waals surface area contributed by atoms with Crippen molar-refractivity contribution in [3.63, 3.8) is 0 Å². The second kappa shape index (κ2) is 4.23. The Morgan fingerprint density at radius 2 is 2.17 bits per heavy atom. The topological polar surface area (TPSA) is 78.2 Å². The normalized spacial score (nSPS) is 11.4. The van der Waals surface area contributed by atoms with E-state index in [9.17, 15) is 4.79 Å². The highest BCUT2D eigenvalue weighted by molar-refractivity contribution is 5.76. The van der Waals surface area contributed by atoms with Crippen molar-refractivity contribution in [3.8, 4) is 0 Å². The lowest BCUT2D eigenvalue weighted by Gasteiger charge is -2.11. The molecule has 3 aromatic heterocycles. The lowest BCUT2D eigenvalue weighted by Crippen LogP contribution is -2.21. The second-order valence-corrected chi connectivity index (χ2v) is 4.07. The van der Waals surface area contributed by atoms with Crippen LogP contribution in [0.1, 0.15) is 6.42 Å². The van der Waals surface area contributed by atoms with Crippen molar-refractivity contribution in [1.29, 1.82) is 0 Å². The SMILES string of the molecule is NCCCn1c2ncccc2c(=O)n2nccc12. The van der Waals surface area contributed by atoms with Gasteiger partial charge in [0.05, 0.1) is 11.6 Å². The number of fused-ring (bicyclic) bond motifs is 2. The Balaban J connectivity index is 2.42. The van der Waals surface area contributed by atoms with Gasteiger partial charge in [0.15, 0.2) is 0 Å². The Hall–Kier alpha value is -2.21. The van der Waals surface area contributed by atoms with E-state index in [4.69, 9.17) is 5.73 Å². The van der Waals surface area contributed by atoms with Crippen LogP contribution in [-0.2, 0) is 6.54 Å². The molecular weight excluding hydrogens is 230 g/mol. The average molecular weight is 243 g/mol. The average Bonchev–Trinajstić information content (AvgIpc) is 2.88. The molecule has 0 fully saturated rings. The number of pyridine rings is 1. The third-order valence-corrected chi connectivity index (χ3v) is 2.95. The Kier molecular flexibility index (Phi) is 2.56. The number of rotatable bonds is 3. The van der Waals surface area contributed by atoms with Gasteiger partial charge in [-0.25, -0.2) is 4.98 Å². The lowest BCUT2D eigenvalue weighted by molar-refractivity contribution is 0.662. The third kappa shape index (κ3) is 1.50. The molecule has 18 heavy (non-hydrogen) atoms. The van der Waals surface area contributed by atoms with Crippen molar-refractivity contribution in [2.75, 3.05) is 6.54 Å². The smallest absolute Gasteiger partial charge is 0.283 e. The number of aryl methyl sites for hydroxylation is 1. The van der Waals surface area contributed by atoms with Crippen LogP contribution in [0.15, 0.2) is 35.4 Å². The quantitative estimate of drug-likeness (QED) is 0.722. The number of aromatic nitrogens is 4. The summed E-state index contributed by atoms with van der Waals surface area (Å²) in [4.78, 5) is 16.5. The van der Waals surface area contributed by atoms with E-state index >= 15 is 0 Å². The number of hydrogen-bond acceptors (Lipinski definition) is 4. The first-order chi connectivity index (χ1) is 8.83. The number of nitrogens with two attached hydrogens (primary N) is 1. The lowest BCUT2D eigenvalue weighted by atomic mass is 10.3. The van der Waals surface area contributed by atoms with Crippen molar-refractivity contribution in [2.24, 2.45) is 5.73 Å². The summed E-state index contributed by atoms with van der Waals surface area (Å²) in [6.45, 7) is 1.32. The summed E-state index contributed by atoms with van der Waals surface area (Å²) in [6, 6.07) is 5.34. The van der Waals surface area contributed by atoms with Crippen LogP contribution in [0.4, 0.5) is 0 Å². The minimum absolute atomic E-state index is 0.137. The number of hydrogen-bond donors (Lipinski definition) is 1. The van der Waals surface area contributed by atoms with Gasteiger partial charge in [0.1, 0.15) is 11.3 Å². The van der Waals surface area contributed by atoms with E-state index in [0.29, 0.717) is 17.6 Å². The molecule has 0 aliphatic heterocycles. The van der Waals surface area contributed by atoms with E-state index in [0.717, 1.165) is 18.6 Å². The van der Waals surface area contributed by atoms with E-state index < -0.39 is 0 Å². The molecule has 0 bridgehead atoms. The predicted octanol–water partition coefficient (Wildman–Crippen LogP) is 0.393. The molecule has 0 aliphatic carbocycles. The molecule has 0 saturated heterocycles. The minimum atomic E-state index is -0.137. The summed E-state index contributed by atoms with van der Waals surface area (Å²) < 4.78 is 3.39. The van der Waals surface area contributed by atoms with Crippen LogP contribution in [0, 0.1) is 0 Å². The highest BCUT2D eigenvalue weighted by Gasteiger charge is 2.11. The fourth-order valence-corrected chi connectivity index (χ4v) is 2.13. The molecule has 3 aromatic rings. The first-order valence-corrected chi connectivity index (χ1v) is 5.84. The second-order valence-electron chi connectivity index (χ2n) is 4.07. The summed E-state index contributed by atoms with van der Waals surface area (Å²) in [5.41, 5.74) is 6.85. The van der Waals surface area contributed by atoms with E-state index in [-0.39, 0.29) is 5.56 Å². The Bertz CT molecular complexity index is 758. The van der Waals surface area contributed by atoms with Gasteiger partial charge in [-0.2, -0.15) is 9.61 Å². The molecule has 3 heterocycles. The van der Waals surface area contributed by atoms with Gasteiger partial charge in [0.25, 0.3) is 5.56 Å². The third-order valence-electron chi connectivity index (χ3n) is 2.95. The van der Waals surface area contributed by atoms with Crippen LogP contribution in [0.2, 0.25) is 0 Å². The molecule has 0 aromatic carbocycles. The fraction of sp³-hybridized carbons (Fsp3) is 0.250. The maximum atomic E-state index is 12.2. The summed E-state index contributed by atoms with van der Waals surface area (Å²) in [7, 11) is 0. The zero-order valence-electron chi connectivity index (χ0n) is 9.78. The van der Waals surface area contributed by atoms with Gasteiger partial charge < -0.3 is 10.3 Å². The molecule has 0 spiro atoms. The summed E-state index contributed by atoms with van der Waals surface area (Å²) in [5.74, 6) is 0. The fourth-order valence-electron chi connectivity index (χ4n) is 2.13. The molecule has 6 nitrogen and oxygen atoms in total. The standard InChI is InChI=1S/C12H13N5O/c13-5-2-8-16-10-4-7-15-17(10)12(18)9-3-1-6-14-11(9)16/h1,3-4,6-7H,2,5,8,13H2. The van der Waals surface area contributed by atoms with Gasteiger partial charge in [-0.15, -0.1) is 0 Å². The highest BCUT2D eigenvalue weighted by Crippen LogP contribution is 2.11. The van der Waals surface area contributed by atoms with Gasteiger partial charge in [-0.05, 0) is 25.1 Å². The van der Waals surface area contributed by atoms with Crippen molar-refractivity contribution in [3.05, 3.63) is 40.9 Å². The molecule has 0 saturated carbocycles. The zero-order chi connectivity index (χ0) is 12.5. The monoisotopic (exact) mass is 243 g/mol. The minimum Gasteiger partial charge on any atom is -0.330 e. The van der Waals surface area contributed by atoms with Gasteiger partial charge in [-0.3, -0.25) is 4.79 Å². The van der Waals surface area contributed by atoms with Crippen LogP contribution >= 0.6 is 0 Å². The Morgan fingerprint density at radius 3 is 3.00 bits per heavy atom. The van der Waals surface area contributed by atoms with Gasteiger partial charge in [0, 0.05) is 18.8 Å². The highest BCUT2D eigenvalue weighted by atomic mass is 16.1. The first kappa shape index (κ1) is 10.9. The van der Waals surface area contributed by atoms with E-state index in [1.54, 1.807) is 24.5 Å². The van der Waals surface area contributed by atoms with Gasteiger partial charge >= 0.3 is 0 Å². The summed E-state index contributed by atoms with van der Waals surface area (Å²) in [6.07, 6.45) is 4.14. The molecule has 0 amide bonds. The van der Waals surface area contributed by atoms with Crippen molar-refractivity contribution in [1.82, 2.24) is 19.2 Å². The van der Waals surface area contributed by atoms with Crippen LogP contribution < -0.4 is 11.3 Å². The van der Waals surface area contributed by atoms with Crippen molar-refractivity contribution in [2.45, 2.75) is 13.0 Å². The molecule has 0 radical (unpaired) electrons. The van der Waals surface area contributed by atoms with Gasteiger partial charge in [-0.1, -0.05) is 0 Å². The molecule has 0 atom stereocenters. The van der Waals surface area contributed by atoms with Gasteiger partial charge in [0.2, 0.25) is 0 Å². The molecule has 0 aliphatic rings. The Labute approximate surface area is 103 Å². The van der Waals surface area contributed by atoms with E-state index in [2.05, 4.69) is 10.1 Å². The van der Waals surface area contributed by atoms with Crippen molar-refractivity contribution >= 4 is 16.7 Å². The first-order valence-electron chi connectivity index (χ1n) is 5.84.